The van der Waals surface area contributed by atoms with Crippen LogP contribution in [0, 0.1) is 28.6 Å². The molecular weight excluding hydrogens is 256 g/mol. The predicted octanol–water partition coefficient (Wildman–Crippen LogP) is 5.09. The third kappa shape index (κ3) is 1.92. The van der Waals surface area contributed by atoms with Gasteiger partial charge in [0.2, 0.25) is 0 Å². The van der Waals surface area contributed by atoms with E-state index < -0.39 is 0 Å². The van der Waals surface area contributed by atoms with Gasteiger partial charge >= 0.3 is 0 Å². The molecule has 3 saturated carbocycles. The zero-order chi connectivity index (χ0) is 14.8. The number of hydrogen-bond acceptors (Lipinski definition) is 1. The quantitative estimate of drug-likeness (QED) is 0.616. The van der Waals surface area contributed by atoms with Crippen molar-refractivity contribution in [3.63, 3.8) is 0 Å². The largest absolute Gasteiger partial charge is 0.393 e. The molecule has 0 aromatic rings. The maximum atomic E-state index is 10.1. The average Bonchev–Trinajstić information content (AvgIpc) is 2.83. The summed E-state index contributed by atoms with van der Waals surface area (Å²) in [4.78, 5) is 0. The van der Waals surface area contributed by atoms with Gasteiger partial charge in [-0.15, -0.1) is 0 Å². The van der Waals surface area contributed by atoms with Crippen molar-refractivity contribution >= 4 is 0 Å². The van der Waals surface area contributed by atoms with Crippen LogP contribution in [0.25, 0.3) is 0 Å². The highest BCUT2D eigenvalue weighted by molar-refractivity contribution is 5.30. The van der Waals surface area contributed by atoms with E-state index in [-0.39, 0.29) is 6.10 Å². The summed E-state index contributed by atoms with van der Waals surface area (Å²) in [6, 6.07) is 0. The van der Waals surface area contributed by atoms with Crippen molar-refractivity contribution in [1.82, 2.24) is 0 Å². The number of aliphatic hydroxyl groups is 1. The van der Waals surface area contributed by atoms with Crippen LogP contribution >= 0.6 is 0 Å². The highest BCUT2D eigenvalue weighted by atomic mass is 16.3. The van der Waals surface area contributed by atoms with Crippen LogP contribution in [0.15, 0.2) is 11.1 Å². The molecule has 0 aromatic heterocycles. The van der Waals surface area contributed by atoms with Crippen molar-refractivity contribution in [1.29, 1.82) is 0 Å². The van der Waals surface area contributed by atoms with Gasteiger partial charge in [-0.25, -0.2) is 0 Å². The molecule has 4 aliphatic carbocycles. The number of rotatable bonds is 0. The Kier molecular flexibility index (Phi) is 3.13. The second kappa shape index (κ2) is 4.60. The number of hydrogen-bond donors (Lipinski definition) is 1. The first-order valence-electron chi connectivity index (χ1n) is 9.31. The molecule has 0 saturated heterocycles. The van der Waals surface area contributed by atoms with E-state index in [4.69, 9.17) is 0 Å². The third-order valence-corrected chi connectivity index (χ3v) is 8.22. The van der Waals surface area contributed by atoms with Crippen LogP contribution in [0.3, 0.4) is 0 Å². The van der Waals surface area contributed by atoms with Crippen molar-refractivity contribution < 1.29 is 5.11 Å². The predicted molar refractivity (Wildman–Crippen MR) is 86.9 cm³/mol. The fraction of sp³-hybridized carbons (Fsp3) is 0.900. The highest BCUT2D eigenvalue weighted by Gasteiger charge is 2.56. The maximum Gasteiger partial charge on any atom is 0.0577 e. The van der Waals surface area contributed by atoms with Gasteiger partial charge in [-0.05, 0) is 86.9 Å². The van der Waals surface area contributed by atoms with Gasteiger partial charge in [0.05, 0.1) is 6.10 Å². The van der Waals surface area contributed by atoms with Crippen LogP contribution in [0.4, 0.5) is 0 Å². The molecule has 1 heteroatoms. The van der Waals surface area contributed by atoms with E-state index in [1.165, 1.54) is 44.9 Å². The lowest BCUT2D eigenvalue weighted by Crippen LogP contribution is -2.50. The molecule has 4 aliphatic rings. The average molecular weight is 288 g/mol. The van der Waals surface area contributed by atoms with Gasteiger partial charge in [-0.3, -0.25) is 0 Å². The molecule has 0 aliphatic heterocycles. The first-order chi connectivity index (χ1) is 9.94. The van der Waals surface area contributed by atoms with E-state index in [1.54, 1.807) is 11.1 Å². The lowest BCUT2D eigenvalue weighted by molar-refractivity contribution is -0.0388. The Morgan fingerprint density at radius 3 is 2.57 bits per heavy atom. The summed E-state index contributed by atoms with van der Waals surface area (Å²) in [7, 11) is 0. The Labute approximate surface area is 130 Å². The van der Waals surface area contributed by atoms with Crippen LogP contribution in [-0.4, -0.2) is 11.2 Å². The Bertz CT molecular complexity index is 478. The van der Waals surface area contributed by atoms with E-state index in [1.807, 2.05) is 0 Å². The van der Waals surface area contributed by atoms with Crippen LogP contribution in [-0.2, 0) is 0 Å². The normalized spacial score (nSPS) is 53.1. The fourth-order valence-electron chi connectivity index (χ4n) is 7.09. The van der Waals surface area contributed by atoms with E-state index in [0.717, 1.165) is 30.6 Å². The van der Waals surface area contributed by atoms with Crippen molar-refractivity contribution in [2.24, 2.45) is 28.6 Å². The lowest BCUT2D eigenvalue weighted by Gasteiger charge is -2.58. The van der Waals surface area contributed by atoms with E-state index in [9.17, 15) is 5.11 Å². The van der Waals surface area contributed by atoms with Crippen molar-refractivity contribution in [3.05, 3.63) is 11.1 Å². The van der Waals surface area contributed by atoms with Gasteiger partial charge in [0.1, 0.15) is 0 Å². The molecule has 0 amide bonds. The van der Waals surface area contributed by atoms with Crippen molar-refractivity contribution in [3.8, 4) is 0 Å². The molecule has 0 spiro atoms. The minimum atomic E-state index is -0.0695. The minimum absolute atomic E-state index is 0.0695. The molecule has 0 radical (unpaired) electrons. The molecule has 118 valence electrons. The summed E-state index contributed by atoms with van der Waals surface area (Å²) >= 11 is 0. The molecule has 4 rings (SSSR count). The molecule has 1 unspecified atom stereocenters. The summed E-state index contributed by atoms with van der Waals surface area (Å²) in [6.07, 6.45) is 11.8. The number of aliphatic hydroxyl groups excluding tert-OH is 1. The number of allylic oxidation sites excluding steroid dienone is 1. The summed E-state index contributed by atoms with van der Waals surface area (Å²) in [6.45, 7) is 7.51. The molecular formula is C20H32O. The number of fused-ring (bicyclic) bond motifs is 5. The molecule has 3 fully saturated rings. The smallest absolute Gasteiger partial charge is 0.0577 e. The van der Waals surface area contributed by atoms with Crippen LogP contribution in [0.5, 0.6) is 0 Å². The highest BCUT2D eigenvalue weighted by Crippen LogP contribution is 2.65. The van der Waals surface area contributed by atoms with Crippen LogP contribution in [0.1, 0.15) is 78.6 Å². The van der Waals surface area contributed by atoms with Crippen LogP contribution in [0.2, 0.25) is 0 Å². The molecule has 6 atom stereocenters. The summed E-state index contributed by atoms with van der Waals surface area (Å²) in [5.41, 5.74) is 4.37. The maximum absolute atomic E-state index is 10.1. The summed E-state index contributed by atoms with van der Waals surface area (Å²) in [5.74, 6) is 2.83. The van der Waals surface area contributed by atoms with Gasteiger partial charge < -0.3 is 5.11 Å². The van der Waals surface area contributed by atoms with Crippen molar-refractivity contribution in [2.45, 2.75) is 84.7 Å². The lowest BCUT2D eigenvalue weighted by atomic mass is 9.47. The SMILES string of the molecule is CC1=C2CC(O)CC[C@]2(C)[C@@H]2CC[C@]3(C)CCC[C@H]3[C@@H]2C1. The standard InChI is InChI=1S/C20H32O/c1-13-11-15-16-5-4-8-19(16,2)9-7-17(15)20(3)10-6-14(21)12-18(13)20/h14-17,21H,4-12H2,1-3H3/t14?,15-,16-,17+,19-,20+/m0/s1. The Balaban J connectivity index is 1.73. The summed E-state index contributed by atoms with van der Waals surface area (Å²) in [5, 5.41) is 10.1. The molecule has 0 heterocycles. The molecule has 1 nitrogen and oxygen atoms in total. The molecule has 1 N–H and O–H groups in total. The van der Waals surface area contributed by atoms with Gasteiger partial charge in [-0.1, -0.05) is 31.4 Å². The minimum Gasteiger partial charge on any atom is -0.393 e. The van der Waals surface area contributed by atoms with Gasteiger partial charge in [0.15, 0.2) is 0 Å². The van der Waals surface area contributed by atoms with E-state index in [2.05, 4.69) is 20.8 Å². The second-order valence-electron chi connectivity index (χ2n) is 9.24. The molecule has 0 aromatic carbocycles. The van der Waals surface area contributed by atoms with Crippen LogP contribution < -0.4 is 0 Å². The Morgan fingerprint density at radius 2 is 1.76 bits per heavy atom. The first kappa shape index (κ1) is 14.3. The third-order valence-electron chi connectivity index (χ3n) is 8.22. The monoisotopic (exact) mass is 288 g/mol. The van der Waals surface area contributed by atoms with Gasteiger partial charge in [0, 0.05) is 0 Å². The molecule has 0 bridgehead atoms. The Hall–Kier alpha value is -0.300. The molecule has 21 heavy (non-hydrogen) atoms. The fourth-order valence-corrected chi connectivity index (χ4v) is 7.09. The zero-order valence-electron chi connectivity index (χ0n) is 14.1. The zero-order valence-corrected chi connectivity index (χ0v) is 14.1. The van der Waals surface area contributed by atoms with Gasteiger partial charge in [-0.2, -0.15) is 0 Å². The van der Waals surface area contributed by atoms with Gasteiger partial charge in [0.25, 0.3) is 0 Å². The first-order valence-corrected chi connectivity index (χ1v) is 9.31. The topological polar surface area (TPSA) is 20.2 Å². The van der Waals surface area contributed by atoms with E-state index in [0.29, 0.717) is 10.8 Å². The summed E-state index contributed by atoms with van der Waals surface area (Å²) < 4.78 is 0. The van der Waals surface area contributed by atoms with E-state index >= 15 is 0 Å². The van der Waals surface area contributed by atoms with Crippen molar-refractivity contribution in [2.75, 3.05) is 0 Å². The second-order valence-corrected chi connectivity index (χ2v) is 9.24. The Morgan fingerprint density at radius 1 is 0.952 bits per heavy atom.